The second-order valence-corrected chi connectivity index (χ2v) is 10.9. The van der Waals surface area contributed by atoms with Crippen molar-refractivity contribution in [3.8, 4) is 24.3 Å². The molecule has 0 spiro atoms. The van der Waals surface area contributed by atoms with Gasteiger partial charge in [0.1, 0.15) is 5.82 Å². The van der Waals surface area contributed by atoms with Crippen LogP contribution in [-0.4, -0.2) is 82.6 Å². The highest BCUT2D eigenvalue weighted by Crippen LogP contribution is 2.23. The summed E-state index contributed by atoms with van der Waals surface area (Å²) in [6.07, 6.45) is 17.0. The zero-order valence-electron chi connectivity index (χ0n) is 25.3. The molecule has 220 valence electrons. The molecule has 7 heteroatoms. The molecule has 0 radical (unpaired) electrons. The second-order valence-electron chi connectivity index (χ2n) is 10.4. The number of hydrogen-bond donors (Lipinski definition) is 2. The minimum atomic E-state index is 0.511. The lowest BCUT2D eigenvalue weighted by molar-refractivity contribution is 0.0257. The summed E-state index contributed by atoms with van der Waals surface area (Å²) < 4.78 is 0. The molecule has 1 aromatic heterocycles. The zero-order chi connectivity index (χ0) is 29.5. The lowest BCUT2D eigenvalue weighted by Crippen LogP contribution is -2.57. The van der Waals surface area contributed by atoms with Crippen molar-refractivity contribution in [3.05, 3.63) is 70.9 Å². The van der Waals surface area contributed by atoms with Gasteiger partial charge in [0.25, 0.3) is 0 Å². The Kier molecular flexibility index (Phi) is 14.1. The van der Waals surface area contributed by atoms with Crippen LogP contribution in [0.15, 0.2) is 54.0 Å². The summed E-state index contributed by atoms with van der Waals surface area (Å²) in [6.45, 7) is 15.8. The first kappa shape index (κ1) is 32.5. The highest BCUT2D eigenvalue weighted by atomic mass is 35.5. The molecule has 2 fully saturated rings. The van der Waals surface area contributed by atoms with E-state index < -0.39 is 0 Å². The van der Waals surface area contributed by atoms with Crippen LogP contribution in [0.5, 0.6) is 0 Å². The van der Waals surface area contributed by atoms with Gasteiger partial charge >= 0.3 is 0 Å². The van der Waals surface area contributed by atoms with E-state index in [0.29, 0.717) is 12.1 Å². The van der Waals surface area contributed by atoms with E-state index in [9.17, 15) is 0 Å². The molecule has 6 nitrogen and oxygen atoms in total. The number of likely N-dealkylation sites (tertiary alicyclic amines) is 1. The van der Waals surface area contributed by atoms with Crippen LogP contribution >= 0.6 is 11.6 Å². The Balaban J connectivity index is 0.00000226. The van der Waals surface area contributed by atoms with E-state index in [-0.39, 0.29) is 0 Å². The van der Waals surface area contributed by atoms with Gasteiger partial charge in [0.2, 0.25) is 0 Å². The number of allylic oxidation sites excluding steroid dienone is 2. The van der Waals surface area contributed by atoms with Crippen molar-refractivity contribution < 1.29 is 0 Å². The van der Waals surface area contributed by atoms with E-state index in [1.807, 2.05) is 19.9 Å². The predicted octanol–water partition coefficient (Wildman–Crippen LogP) is 5.55. The lowest BCUT2D eigenvalue weighted by Gasteiger charge is -2.46. The first-order valence-corrected chi connectivity index (χ1v) is 15.5. The van der Waals surface area contributed by atoms with Crippen molar-refractivity contribution in [1.29, 1.82) is 0 Å². The van der Waals surface area contributed by atoms with Crippen molar-refractivity contribution >= 4 is 17.2 Å². The number of nitrogens with zero attached hydrogens (tertiary/aromatic N) is 4. The molecule has 2 saturated heterocycles. The lowest BCUT2D eigenvalue weighted by atomic mass is 9.99. The number of piperidine rings is 1. The normalized spacial score (nSPS) is 19.5. The number of benzene rings is 1. The first-order valence-electron chi connectivity index (χ1n) is 15.1. The molecule has 4 rings (SSSR count). The molecule has 0 aliphatic carbocycles. The van der Waals surface area contributed by atoms with E-state index in [1.165, 1.54) is 31.5 Å². The topological polar surface area (TPSA) is 50.4 Å². The summed E-state index contributed by atoms with van der Waals surface area (Å²) >= 11 is 6.69. The van der Waals surface area contributed by atoms with Gasteiger partial charge in [-0.3, -0.25) is 9.80 Å². The number of piperazine rings is 1. The molecule has 0 bridgehead atoms. The molecule has 1 atom stereocenters. The number of halogens is 1. The van der Waals surface area contributed by atoms with E-state index in [1.54, 1.807) is 18.6 Å². The number of nitrogens with one attached hydrogen (secondary N) is 2. The van der Waals surface area contributed by atoms with Crippen molar-refractivity contribution in [2.24, 2.45) is 0 Å². The fourth-order valence-electron chi connectivity index (χ4n) is 5.59. The van der Waals surface area contributed by atoms with E-state index in [4.69, 9.17) is 18.0 Å². The Labute approximate surface area is 253 Å². The molecule has 1 unspecified atom stereocenters. The van der Waals surface area contributed by atoms with Crippen LogP contribution in [0.3, 0.4) is 0 Å². The maximum atomic E-state index is 6.69. The maximum absolute atomic E-state index is 6.69. The highest BCUT2D eigenvalue weighted by molar-refractivity contribution is 6.30. The number of H-pyrrole nitrogens is 1. The van der Waals surface area contributed by atoms with Gasteiger partial charge < -0.3 is 15.2 Å². The average Bonchev–Trinajstić information content (AvgIpc) is 3.54. The molecule has 41 heavy (non-hydrogen) atoms. The zero-order valence-corrected chi connectivity index (χ0v) is 26.1. The van der Waals surface area contributed by atoms with Crippen molar-refractivity contribution in [2.45, 2.75) is 65.5 Å². The maximum Gasteiger partial charge on any atom is 0.138 e. The van der Waals surface area contributed by atoms with Crippen molar-refractivity contribution in [2.75, 3.05) is 45.8 Å². The first-order chi connectivity index (χ1) is 20.1. The molecule has 3 heterocycles. The van der Waals surface area contributed by atoms with Gasteiger partial charge in [0, 0.05) is 92.0 Å². The van der Waals surface area contributed by atoms with E-state index in [0.717, 1.165) is 67.6 Å². The number of hydrogen-bond acceptors (Lipinski definition) is 5. The van der Waals surface area contributed by atoms with Crippen LogP contribution in [0.2, 0.25) is 0 Å². The minimum absolute atomic E-state index is 0.511. The number of aromatic nitrogens is 2. The van der Waals surface area contributed by atoms with Gasteiger partial charge in [-0.15, -0.1) is 0 Å². The summed E-state index contributed by atoms with van der Waals surface area (Å²) in [5.41, 5.74) is 3.34. The van der Waals surface area contributed by atoms with Crippen LogP contribution in [0.1, 0.15) is 63.9 Å². The number of aromatic amines is 1. The summed E-state index contributed by atoms with van der Waals surface area (Å²) in [5.74, 6) is 7.08. The van der Waals surface area contributed by atoms with Gasteiger partial charge in [0.15, 0.2) is 0 Å². The Morgan fingerprint density at radius 3 is 2.54 bits per heavy atom. The van der Waals surface area contributed by atoms with Crippen LogP contribution in [-0.2, 0) is 6.42 Å². The van der Waals surface area contributed by atoms with Crippen LogP contribution in [0.25, 0.3) is 5.57 Å². The minimum Gasteiger partial charge on any atom is -0.345 e. The Bertz CT molecular complexity index is 1190. The smallest absolute Gasteiger partial charge is 0.138 e. The average molecular weight is 575 g/mol. The van der Waals surface area contributed by atoms with Crippen molar-refractivity contribution in [1.82, 2.24) is 30.0 Å². The van der Waals surface area contributed by atoms with Gasteiger partial charge in [0.05, 0.1) is 0 Å². The molecule has 0 amide bonds. The Hall–Kier alpha value is -3.00. The molecule has 2 aliphatic rings. The van der Waals surface area contributed by atoms with E-state index >= 15 is 0 Å². The number of terminal acetylenes is 1. The number of rotatable bonds is 9. The largest absolute Gasteiger partial charge is 0.345 e. The SMILES string of the molecule is C#CN/C=C(\C=C(\Cl)CN1CCN(C2CCN(CCc3ccc(C#CCC)cc3)CC2)C(C)C1)c1ncc[nH]1.CC. The fraction of sp³-hybridized carbons (Fsp3) is 0.500. The van der Waals surface area contributed by atoms with Gasteiger partial charge in [-0.2, -0.15) is 0 Å². The van der Waals surface area contributed by atoms with Crippen LogP contribution < -0.4 is 5.32 Å². The third kappa shape index (κ3) is 10.4. The monoisotopic (exact) mass is 574 g/mol. The quantitative estimate of drug-likeness (QED) is 0.233. The molecular weight excluding hydrogens is 528 g/mol. The summed E-state index contributed by atoms with van der Waals surface area (Å²) in [5, 5.41) is 3.57. The van der Waals surface area contributed by atoms with Crippen molar-refractivity contribution in [3.63, 3.8) is 0 Å². The van der Waals surface area contributed by atoms with Gasteiger partial charge in [-0.1, -0.05) is 62.8 Å². The Morgan fingerprint density at radius 1 is 1.15 bits per heavy atom. The molecule has 2 aromatic rings. The summed E-state index contributed by atoms with van der Waals surface area (Å²) in [7, 11) is 0. The molecule has 2 aliphatic heterocycles. The summed E-state index contributed by atoms with van der Waals surface area (Å²) in [6, 6.07) is 12.4. The van der Waals surface area contributed by atoms with E-state index in [2.05, 4.69) is 86.0 Å². The second kappa shape index (κ2) is 17.7. The fourth-order valence-corrected chi connectivity index (χ4v) is 5.88. The molecule has 0 saturated carbocycles. The summed E-state index contributed by atoms with van der Waals surface area (Å²) in [4.78, 5) is 15.2. The predicted molar refractivity (Wildman–Crippen MR) is 173 cm³/mol. The van der Waals surface area contributed by atoms with Gasteiger partial charge in [-0.25, -0.2) is 4.98 Å². The molecule has 1 aromatic carbocycles. The van der Waals surface area contributed by atoms with Gasteiger partial charge in [-0.05, 0) is 63.0 Å². The highest BCUT2D eigenvalue weighted by Gasteiger charge is 2.31. The van der Waals surface area contributed by atoms with Crippen LogP contribution in [0, 0.1) is 24.3 Å². The van der Waals surface area contributed by atoms with Crippen LogP contribution in [0.4, 0.5) is 0 Å². The molecular formula is C34H47ClN6. The third-order valence-corrected chi connectivity index (χ3v) is 7.87. The standard InChI is InChI=1S/C32H41ClN6.C2H6/c1-4-6-7-27-8-10-28(11-9-27)12-17-37-18-13-31(14-19-37)39-21-20-38(24-26(39)3)25-30(33)22-29(23-34-5-2)32-35-15-16-36-32;1-2/h2,8-11,15-16,22-23,26,31,34H,4,12-14,17-21,24-25H2,1,3H3,(H,35,36);1-2H3/b29-23+,30-22+;. The number of imidazole rings is 1. The molecule has 2 N–H and O–H groups in total. The Morgan fingerprint density at radius 2 is 1.90 bits per heavy atom. The third-order valence-electron chi connectivity index (χ3n) is 7.64.